The molecule has 0 atom stereocenters. The second-order valence-electron chi connectivity index (χ2n) is 6.47. The van der Waals surface area contributed by atoms with Crippen LogP contribution in [0.4, 0.5) is 0 Å². The lowest BCUT2D eigenvalue weighted by atomic mass is 9.74. The van der Waals surface area contributed by atoms with Crippen LogP contribution in [0, 0.1) is 11.3 Å². The van der Waals surface area contributed by atoms with E-state index in [1.807, 2.05) is 0 Å². The standard InChI is InChI=1S/C16H25BrN2O2/c1-12(2)10-16(6-4-5-7-16)15(20)14-13(17)11-18-19(14)8-9-21-3/h11-12H,4-10H2,1-3H3. The van der Waals surface area contributed by atoms with Crippen molar-refractivity contribution in [3.05, 3.63) is 16.4 Å². The Morgan fingerprint density at radius 2 is 2.14 bits per heavy atom. The van der Waals surface area contributed by atoms with E-state index in [4.69, 9.17) is 4.74 Å². The van der Waals surface area contributed by atoms with E-state index >= 15 is 0 Å². The number of hydrogen-bond donors (Lipinski definition) is 0. The first-order chi connectivity index (χ1) is 10.00. The second-order valence-corrected chi connectivity index (χ2v) is 7.33. The summed E-state index contributed by atoms with van der Waals surface area (Å²) in [6.45, 7) is 5.57. The molecule has 0 aromatic carbocycles. The summed E-state index contributed by atoms with van der Waals surface area (Å²) in [6.07, 6.45) is 7.01. The Balaban J connectivity index is 2.31. The van der Waals surface area contributed by atoms with Crippen molar-refractivity contribution < 1.29 is 9.53 Å². The number of ketones is 1. The monoisotopic (exact) mass is 356 g/mol. The highest BCUT2D eigenvalue weighted by Gasteiger charge is 2.43. The average molecular weight is 357 g/mol. The van der Waals surface area contributed by atoms with Crippen LogP contribution in [0.2, 0.25) is 0 Å². The van der Waals surface area contributed by atoms with Gasteiger partial charge < -0.3 is 4.74 Å². The van der Waals surface area contributed by atoms with Crippen molar-refractivity contribution in [1.29, 1.82) is 0 Å². The molecule has 0 saturated heterocycles. The minimum Gasteiger partial charge on any atom is -0.383 e. The highest BCUT2D eigenvalue weighted by atomic mass is 79.9. The predicted molar refractivity (Wildman–Crippen MR) is 86.5 cm³/mol. The van der Waals surface area contributed by atoms with Crippen molar-refractivity contribution >= 4 is 21.7 Å². The Labute approximate surface area is 135 Å². The molecule has 0 N–H and O–H groups in total. The molecule has 4 nitrogen and oxygen atoms in total. The molecule has 0 radical (unpaired) electrons. The van der Waals surface area contributed by atoms with Gasteiger partial charge in [-0.1, -0.05) is 26.7 Å². The smallest absolute Gasteiger partial charge is 0.188 e. The van der Waals surface area contributed by atoms with Crippen LogP contribution in [-0.2, 0) is 11.3 Å². The molecule has 1 aromatic heterocycles. The van der Waals surface area contributed by atoms with E-state index in [1.54, 1.807) is 18.0 Å². The third-order valence-corrected chi connectivity index (χ3v) is 4.94. The molecule has 21 heavy (non-hydrogen) atoms. The number of hydrogen-bond acceptors (Lipinski definition) is 3. The highest BCUT2D eigenvalue weighted by molar-refractivity contribution is 9.10. The molecule has 2 rings (SSSR count). The lowest BCUT2D eigenvalue weighted by molar-refractivity contribution is 0.0743. The molecule has 1 fully saturated rings. The topological polar surface area (TPSA) is 44.1 Å². The third kappa shape index (κ3) is 3.57. The van der Waals surface area contributed by atoms with E-state index in [0.717, 1.165) is 42.3 Å². The van der Waals surface area contributed by atoms with E-state index in [1.165, 1.54) is 0 Å². The van der Waals surface area contributed by atoms with E-state index in [2.05, 4.69) is 34.9 Å². The molecule has 0 aliphatic heterocycles. The van der Waals surface area contributed by atoms with Crippen molar-refractivity contribution in [3.8, 4) is 0 Å². The van der Waals surface area contributed by atoms with Crippen LogP contribution < -0.4 is 0 Å². The lowest BCUT2D eigenvalue weighted by Gasteiger charge is -2.29. The van der Waals surface area contributed by atoms with Crippen LogP contribution in [0.25, 0.3) is 0 Å². The maximum Gasteiger partial charge on any atom is 0.188 e. The highest BCUT2D eigenvalue weighted by Crippen LogP contribution is 2.46. The molecule has 1 heterocycles. The summed E-state index contributed by atoms with van der Waals surface area (Å²) in [5.74, 6) is 0.787. The van der Waals surface area contributed by atoms with Crippen molar-refractivity contribution in [1.82, 2.24) is 9.78 Å². The van der Waals surface area contributed by atoms with E-state index < -0.39 is 0 Å². The molecule has 0 spiro atoms. The Morgan fingerprint density at radius 1 is 1.48 bits per heavy atom. The number of Topliss-reactive ketones (excluding diaryl/α,β-unsaturated/α-hetero) is 1. The van der Waals surface area contributed by atoms with Gasteiger partial charge in [0.05, 0.1) is 23.8 Å². The van der Waals surface area contributed by atoms with Crippen molar-refractivity contribution in [2.24, 2.45) is 11.3 Å². The van der Waals surface area contributed by atoms with Gasteiger partial charge in [-0.15, -0.1) is 0 Å². The third-order valence-electron chi connectivity index (χ3n) is 4.36. The fourth-order valence-electron chi connectivity index (χ4n) is 3.54. The largest absolute Gasteiger partial charge is 0.383 e. The summed E-state index contributed by atoms with van der Waals surface area (Å²) >= 11 is 3.50. The Hall–Kier alpha value is -0.680. The zero-order valence-corrected chi connectivity index (χ0v) is 14.8. The summed E-state index contributed by atoms with van der Waals surface area (Å²) < 4.78 is 7.71. The van der Waals surface area contributed by atoms with Crippen molar-refractivity contribution in [3.63, 3.8) is 0 Å². The van der Waals surface area contributed by atoms with Gasteiger partial charge in [0.1, 0.15) is 5.69 Å². The molecule has 1 aliphatic rings. The number of carbonyl (C=O) groups excluding carboxylic acids is 1. The molecule has 1 aliphatic carbocycles. The normalized spacial score (nSPS) is 17.6. The van der Waals surface area contributed by atoms with Gasteiger partial charge in [-0.2, -0.15) is 5.10 Å². The number of halogens is 1. The number of carbonyl (C=O) groups is 1. The molecule has 5 heteroatoms. The summed E-state index contributed by atoms with van der Waals surface area (Å²) in [6, 6.07) is 0. The zero-order valence-electron chi connectivity index (χ0n) is 13.2. The van der Waals surface area contributed by atoms with E-state index in [-0.39, 0.29) is 11.2 Å². The fourth-order valence-corrected chi connectivity index (χ4v) is 4.02. The Kier molecular flexibility index (Phi) is 5.60. The second kappa shape index (κ2) is 7.05. The van der Waals surface area contributed by atoms with Gasteiger partial charge in [0.2, 0.25) is 0 Å². The fraction of sp³-hybridized carbons (Fsp3) is 0.750. The Morgan fingerprint density at radius 3 is 2.71 bits per heavy atom. The molecule has 0 bridgehead atoms. The molecular formula is C16H25BrN2O2. The van der Waals surface area contributed by atoms with Crippen LogP contribution in [0.5, 0.6) is 0 Å². The zero-order chi connectivity index (χ0) is 15.5. The minimum atomic E-state index is -0.193. The molecule has 0 unspecified atom stereocenters. The van der Waals surface area contributed by atoms with E-state index in [0.29, 0.717) is 19.1 Å². The molecule has 0 amide bonds. The molecule has 1 saturated carbocycles. The first-order valence-electron chi connectivity index (χ1n) is 7.75. The van der Waals surface area contributed by atoms with Gasteiger partial charge in [0, 0.05) is 12.5 Å². The molecule has 118 valence electrons. The molecular weight excluding hydrogens is 332 g/mol. The quantitative estimate of drug-likeness (QED) is 0.691. The van der Waals surface area contributed by atoms with E-state index in [9.17, 15) is 4.79 Å². The molecule has 1 aromatic rings. The maximum absolute atomic E-state index is 13.2. The SMILES string of the molecule is COCCn1ncc(Br)c1C(=O)C1(CC(C)C)CCCC1. The first-order valence-corrected chi connectivity index (χ1v) is 8.54. The maximum atomic E-state index is 13.2. The van der Waals surface area contributed by atoms with Crippen molar-refractivity contribution in [2.75, 3.05) is 13.7 Å². The van der Waals surface area contributed by atoms with Crippen LogP contribution in [-0.4, -0.2) is 29.3 Å². The van der Waals surface area contributed by atoms with Gasteiger partial charge in [-0.3, -0.25) is 9.48 Å². The first kappa shape index (κ1) is 16.7. The predicted octanol–water partition coefficient (Wildman–Crippen LogP) is 4.08. The summed E-state index contributed by atoms with van der Waals surface area (Å²) in [5, 5.41) is 4.32. The van der Waals surface area contributed by atoms with Crippen LogP contribution in [0.1, 0.15) is 56.4 Å². The number of rotatable bonds is 7. The minimum absolute atomic E-state index is 0.193. The average Bonchev–Trinajstić information content (AvgIpc) is 3.03. The van der Waals surface area contributed by atoms with Gasteiger partial charge in [0.15, 0.2) is 5.78 Å². The van der Waals surface area contributed by atoms with Gasteiger partial charge in [-0.05, 0) is 41.1 Å². The summed E-state index contributed by atoms with van der Waals surface area (Å²) in [4.78, 5) is 13.2. The number of aromatic nitrogens is 2. The summed E-state index contributed by atoms with van der Waals surface area (Å²) in [5.41, 5.74) is 0.524. The number of nitrogens with zero attached hydrogens (tertiary/aromatic N) is 2. The summed E-state index contributed by atoms with van der Waals surface area (Å²) in [7, 11) is 1.66. The van der Waals surface area contributed by atoms with Crippen LogP contribution in [0.15, 0.2) is 10.7 Å². The van der Waals surface area contributed by atoms with Gasteiger partial charge in [0.25, 0.3) is 0 Å². The van der Waals surface area contributed by atoms with Crippen molar-refractivity contribution in [2.45, 2.75) is 52.5 Å². The lowest BCUT2D eigenvalue weighted by Crippen LogP contribution is -2.32. The van der Waals surface area contributed by atoms with Crippen LogP contribution in [0.3, 0.4) is 0 Å². The number of methoxy groups -OCH3 is 1. The van der Waals surface area contributed by atoms with Crippen LogP contribution >= 0.6 is 15.9 Å². The Bertz CT molecular complexity index is 490. The van der Waals surface area contributed by atoms with Gasteiger partial charge >= 0.3 is 0 Å². The number of ether oxygens (including phenoxy) is 1. The van der Waals surface area contributed by atoms with Gasteiger partial charge in [-0.25, -0.2) is 0 Å².